The van der Waals surface area contributed by atoms with Crippen LogP contribution in [0.1, 0.15) is 16.7 Å². The number of nitrogens with one attached hydrogen (secondary N) is 1. The van der Waals surface area contributed by atoms with E-state index in [1.165, 1.54) is 4.70 Å². The summed E-state index contributed by atoms with van der Waals surface area (Å²) < 4.78 is 14.8. The van der Waals surface area contributed by atoms with Crippen LogP contribution in [0.4, 0.5) is 10.2 Å². The predicted molar refractivity (Wildman–Crippen MR) is 82.8 cm³/mol. The maximum Gasteiger partial charge on any atom is 0.134 e. The van der Waals surface area contributed by atoms with E-state index < -0.39 is 0 Å². The van der Waals surface area contributed by atoms with Gasteiger partial charge in [0, 0.05) is 22.8 Å². The van der Waals surface area contributed by atoms with E-state index in [4.69, 9.17) is 0 Å². The molecule has 1 aromatic carbocycles. The summed E-state index contributed by atoms with van der Waals surface area (Å²) in [6.45, 7) is 4.23. The molecule has 0 radical (unpaired) electrons. The Bertz CT molecular complexity index is 741. The van der Waals surface area contributed by atoms with Gasteiger partial charge in [0.2, 0.25) is 0 Å². The van der Waals surface area contributed by atoms with Crippen LogP contribution < -0.4 is 5.32 Å². The molecule has 0 saturated carbocycles. The van der Waals surface area contributed by atoms with Crippen molar-refractivity contribution in [2.75, 3.05) is 5.32 Å². The minimum Gasteiger partial charge on any atom is -0.365 e. The highest BCUT2D eigenvalue weighted by atomic mass is 32.1. The van der Waals surface area contributed by atoms with Gasteiger partial charge >= 0.3 is 0 Å². The number of anilines is 1. The van der Waals surface area contributed by atoms with E-state index in [2.05, 4.69) is 21.7 Å². The summed E-state index contributed by atoms with van der Waals surface area (Å²) in [7, 11) is 0. The van der Waals surface area contributed by atoms with Crippen molar-refractivity contribution in [3.05, 3.63) is 58.3 Å². The van der Waals surface area contributed by atoms with Crippen molar-refractivity contribution in [3.8, 4) is 0 Å². The van der Waals surface area contributed by atoms with Crippen molar-refractivity contribution >= 4 is 27.2 Å². The first kappa shape index (κ1) is 13.1. The second-order valence-corrected chi connectivity index (χ2v) is 5.84. The van der Waals surface area contributed by atoms with Gasteiger partial charge in [-0.05, 0) is 48.1 Å². The Morgan fingerprint density at radius 3 is 2.70 bits per heavy atom. The molecule has 0 spiro atoms. The first-order chi connectivity index (χ1) is 9.65. The first-order valence-corrected chi connectivity index (χ1v) is 7.35. The van der Waals surface area contributed by atoms with Crippen molar-refractivity contribution in [1.29, 1.82) is 0 Å². The number of benzene rings is 1. The van der Waals surface area contributed by atoms with Crippen LogP contribution in [0.25, 0.3) is 10.1 Å². The Balaban J connectivity index is 1.85. The maximum absolute atomic E-state index is 13.6. The van der Waals surface area contributed by atoms with Gasteiger partial charge in [0.25, 0.3) is 0 Å². The molecule has 0 aliphatic carbocycles. The average molecular weight is 286 g/mol. The van der Waals surface area contributed by atoms with Crippen molar-refractivity contribution in [2.45, 2.75) is 20.4 Å². The summed E-state index contributed by atoms with van der Waals surface area (Å²) >= 11 is 1.70. The fraction of sp³-hybridized carbons (Fsp3) is 0.188. The van der Waals surface area contributed by atoms with E-state index in [-0.39, 0.29) is 5.82 Å². The topological polar surface area (TPSA) is 24.9 Å². The predicted octanol–water partition coefficient (Wildman–Crippen LogP) is 4.66. The van der Waals surface area contributed by atoms with E-state index in [1.807, 2.05) is 24.4 Å². The monoisotopic (exact) mass is 286 g/mol. The van der Waals surface area contributed by atoms with Gasteiger partial charge in [-0.1, -0.05) is 12.1 Å². The SMILES string of the molecule is Cc1cc(CNc2nccc3sccc23)cc(C)c1F. The Morgan fingerprint density at radius 1 is 1.20 bits per heavy atom. The Labute approximate surface area is 121 Å². The smallest absolute Gasteiger partial charge is 0.134 e. The van der Waals surface area contributed by atoms with E-state index in [9.17, 15) is 4.39 Å². The number of pyridine rings is 1. The minimum absolute atomic E-state index is 0.119. The molecule has 2 nitrogen and oxygen atoms in total. The zero-order valence-corrected chi connectivity index (χ0v) is 12.2. The number of hydrogen-bond donors (Lipinski definition) is 1. The molecule has 0 bridgehead atoms. The van der Waals surface area contributed by atoms with E-state index in [0.717, 1.165) is 16.8 Å². The largest absolute Gasteiger partial charge is 0.365 e. The van der Waals surface area contributed by atoms with Crippen LogP contribution in [0.3, 0.4) is 0 Å². The van der Waals surface area contributed by atoms with Crippen LogP contribution in [-0.4, -0.2) is 4.98 Å². The quantitative estimate of drug-likeness (QED) is 0.757. The van der Waals surface area contributed by atoms with Gasteiger partial charge in [0.15, 0.2) is 0 Å². The third kappa shape index (κ3) is 2.39. The molecule has 4 heteroatoms. The number of thiophene rings is 1. The van der Waals surface area contributed by atoms with Crippen LogP contribution >= 0.6 is 11.3 Å². The van der Waals surface area contributed by atoms with Gasteiger partial charge in [0.05, 0.1) is 0 Å². The molecule has 102 valence electrons. The van der Waals surface area contributed by atoms with Crippen molar-refractivity contribution < 1.29 is 4.39 Å². The highest BCUT2D eigenvalue weighted by Crippen LogP contribution is 2.26. The van der Waals surface area contributed by atoms with Crippen LogP contribution in [0.5, 0.6) is 0 Å². The fourth-order valence-electron chi connectivity index (χ4n) is 2.36. The Hall–Kier alpha value is -1.94. The lowest BCUT2D eigenvalue weighted by Gasteiger charge is -2.09. The van der Waals surface area contributed by atoms with Gasteiger partial charge in [-0.15, -0.1) is 11.3 Å². The number of aromatic nitrogens is 1. The first-order valence-electron chi connectivity index (χ1n) is 6.47. The highest BCUT2D eigenvalue weighted by Gasteiger charge is 2.06. The van der Waals surface area contributed by atoms with Gasteiger partial charge in [0.1, 0.15) is 11.6 Å². The zero-order chi connectivity index (χ0) is 14.1. The van der Waals surface area contributed by atoms with Gasteiger partial charge in [-0.2, -0.15) is 0 Å². The molecule has 2 aromatic heterocycles. The summed E-state index contributed by atoms with van der Waals surface area (Å²) in [4.78, 5) is 4.38. The van der Waals surface area contributed by atoms with Crippen LogP contribution in [0.2, 0.25) is 0 Å². The molecule has 0 amide bonds. The lowest BCUT2D eigenvalue weighted by Crippen LogP contribution is -2.03. The maximum atomic E-state index is 13.6. The van der Waals surface area contributed by atoms with Crippen LogP contribution in [-0.2, 0) is 6.54 Å². The van der Waals surface area contributed by atoms with Gasteiger partial charge < -0.3 is 5.32 Å². The summed E-state index contributed by atoms with van der Waals surface area (Å²) in [6.07, 6.45) is 1.81. The van der Waals surface area contributed by atoms with Crippen LogP contribution in [0.15, 0.2) is 35.8 Å². The average Bonchev–Trinajstić information content (AvgIpc) is 2.91. The van der Waals surface area contributed by atoms with Gasteiger partial charge in [-0.25, -0.2) is 9.37 Å². The van der Waals surface area contributed by atoms with E-state index in [1.54, 1.807) is 25.2 Å². The van der Waals surface area contributed by atoms with Crippen molar-refractivity contribution in [1.82, 2.24) is 4.98 Å². The zero-order valence-electron chi connectivity index (χ0n) is 11.4. The molecule has 1 N–H and O–H groups in total. The molecule has 3 aromatic rings. The van der Waals surface area contributed by atoms with Crippen LogP contribution in [0, 0.1) is 19.7 Å². The molecule has 0 aliphatic rings. The molecule has 0 unspecified atom stereocenters. The Kier molecular flexibility index (Phi) is 3.40. The number of nitrogens with zero attached hydrogens (tertiary/aromatic N) is 1. The third-order valence-electron chi connectivity index (χ3n) is 3.34. The molecular formula is C16H15FN2S. The number of halogens is 1. The second kappa shape index (κ2) is 5.21. The number of rotatable bonds is 3. The molecule has 20 heavy (non-hydrogen) atoms. The minimum atomic E-state index is -0.119. The molecular weight excluding hydrogens is 271 g/mol. The molecule has 3 rings (SSSR count). The standard InChI is InChI=1S/C16H15FN2S/c1-10-7-12(8-11(2)15(10)17)9-19-16-13-4-6-20-14(13)3-5-18-16/h3-8H,9H2,1-2H3,(H,18,19). The molecule has 0 fully saturated rings. The van der Waals surface area contributed by atoms with Crippen molar-refractivity contribution in [2.24, 2.45) is 0 Å². The summed E-state index contributed by atoms with van der Waals surface area (Å²) in [5.74, 6) is 0.759. The molecule has 0 atom stereocenters. The van der Waals surface area contributed by atoms with Gasteiger partial charge in [-0.3, -0.25) is 0 Å². The lowest BCUT2D eigenvalue weighted by molar-refractivity contribution is 0.608. The highest BCUT2D eigenvalue weighted by molar-refractivity contribution is 7.17. The summed E-state index contributed by atoms with van der Waals surface area (Å²) in [5, 5.41) is 6.53. The van der Waals surface area contributed by atoms with E-state index in [0.29, 0.717) is 17.7 Å². The lowest BCUT2D eigenvalue weighted by atomic mass is 10.1. The second-order valence-electron chi connectivity index (χ2n) is 4.89. The fourth-order valence-corrected chi connectivity index (χ4v) is 3.14. The summed E-state index contributed by atoms with van der Waals surface area (Å²) in [6, 6.07) is 7.83. The molecule has 0 saturated heterocycles. The normalized spacial score (nSPS) is 10.9. The number of fused-ring (bicyclic) bond motifs is 1. The number of aryl methyl sites for hydroxylation is 2. The summed E-state index contributed by atoms with van der Waals surface area (Å²) in [5.41, 5.74) is 2.43. The van der Waals surface area contributed by atoms with Crippen molar-refractivity contribution in [3.63, 3.8) is 0 Å². The number of hydrogen-bond acceptors (Lipinski definition) is 3. The molecule has 0 aliphatic heterocycles. The Morgan fingerprint density at radius 2 is 1.95 bits per heavy atom. The third-order valence-corrected chi connectivity index (χ3v) is 4.22. The molecule has 2 heterocycles. The van der Waals surface area contributed by atoms with E-state index >= 15 is 0 Å².